The molecule has 3 rings (SSSR count). The lowest BCUT2D eigenvalue weighted by Gasteiger charge is -2.23. The molecular formula is C18H13F3S. The zero-order valence-corrected chi connectivity index (χ0v) is 12.4. The van der Waals surface area contributed by atoms with Gasteiger partial charge in [0.2, 0.25) is 0 Å². The molecule has 0 fully saturated rings. The molecule has 0 unspecified atom stereocenters. The van der Waals surface area contributed by atoms with Crippen LogP contribution in [0.3, 0.4) is 0 Å². The average molecular weight is 318 g/mol. The summed E-state index contributed by atoms with van der Waals surface area (Å²) in [5.41, 5.74) is 0. The molecule has 22 heavy (non-hydrogen) atoms. The van der Waals surface area contributed by atoms with E-state index in [0.717, 1.165) is 21.9 Å². The van der Waals surface area contributed by atoms with Gasteiger partial charge in [0.15, 0.2) is 17.5 Å². The van der Waals surface area contributed by atoms with E-state index < -0.39 is 28.3 Å². The van der Waals surface area contributed by atoms with Crippen molar-refractivity contribution in [1.82, 2.24) is 0 Å². The van der Waals surface area contributed by atoms with E-state index in [4.69, 9.17) is 0 Å². The zero-order valence-electron chi connectivity index (χ0n) is 11.5. The zero-order chi connectivity index (χ0) is 15.5. The monoisotopic (exact) mass is 318 g/mol. The molecule has 0 atom stereocenters. The van der Waals surface area contributed by atoms with E-state index >= 15 is 0 Å². The van der Waals surface area contributed by atoms with Crippen LogP contribution in [0.1, 0.15) is 0 Å². The second-order valence-electron chi connectivity index (χ2n) is 4.73. The molecule has 0 heterocycles. The number of hydrogen-bond donors (Lipinski definition) is 1. The summed E-state index contributed by atoms with van der Waals surface area (Å²) >= 11 is 0. The van der Waals surface area contributed by atoms with E-state index in [-0.39, 0.29) is 0 Å². The maximum atomic E-state index is 13.6. The maximum absolute atomic E-state index is 13.6. The molecule has 0 aliphatic heterocycles. The van der Waals surface area contributed by atoms with Gasteiger partial charge in [-0.05, 0) is 46.2 Å². The lowest BCUT2D eigenvalue weighted by atomic mass is 10.3. The van der Waals surface area contributed by atoms with Crippen LogP contribution < -0.4 is 0 Å². The minimum Gasteiger partial charge on any atom is -0.204 e. The van der Waals surface area contributed by atoms with E-state index in [1.807, 2.05) is 60.7 Å². The topological polar surface area (TPSA) is 0 Å². The van der Waals surface area contributed by atoms with Gasteiger partial charge in [-0.3, -0.25) is 0 Å². The van der Waals surface area contributed by atoms with Gasteiger partial charge in [-0.2, -0.15) is 10.9 Å². The van der Waals surface area contributed by atoms with Crippen LogP contribution in [-0.4, -0.2) is 0 Å². The first kappa shape index (κ1) is 14.7. The quantitative estimate of drug-likeness (QED) is 0.473. The van der Waals surface area contributed by atoms with Crippen LogP contribution in [0.5, 0.6) is 0 Å². The molecule has 0 radical (unpaired) electrons. The summed E-state index contributed by atoms with van der Waals surface area (Å²) in [7, 11) is -1.14. The van der Waals surface area contributed by atoms with Gasteiger partial charge in [-0.1, -0.05) is 36.4 Å². The molecule has 4 heteroatoms. The molecule has 3 aromatic carbocycles. The fourth-order valence-corrected chi connectivity index (χ4v) is 4.59. The predicted molar refractivity (Wildman–Crippen MR) is 83.0 cm³/mol. The van der Waals surface area contributed by atoms with Crippen LogP contribution >= 0.6 is 10.9 Å². The van der Waals surface area contributed by atoms with Gasteiger partial charge in [0.05, 0.1) is 0 Å². The summed E-state index contributed by atoms with van der Waals surface area (Å²) in [6.45, 7) is 0. The largest absolute Gasteiger partial charge is 0.204 e. The lowest BCUT2D eigenvalue weighted by Crippen LogP contribution is -1.95. The molecular weight excluding hydrogens is 305 g/mol. The van der Waals surface area contributed by atoms with Crippen molar-refractivity contribution in [3.8, 4) is 0 Å². The molecule has 0 amide bonds. The van der Waals surface area contributed by atoms with Crippen molar-refractivity contribution in [2.45, 2.75) is 14.7 Å². The fourth-order valence-electron chi connectivity index (χ4n) is 2.27. The first-order valence-electron chi connectivity index (χ1n) is 6.71. The maximum Gasteiger partial charge on any atom is 0.194 e. The third kappa shape index (κ3) is 2.88. The Balaban J connectivity index is 2.19. The first-order valence-corrected chi connectivity index (χ1v) is 8.06. The molecule has 0 spiro atoms. The van der Waals surface area contributed by atoms with Crippen LogP contribution in [0.2, 0.25) is 0 Å². The Morgan fingerprint density at radius 1 is 0.545 bits per heavy atom. The Bertz CT molecular complexity index is 710. The van der Waals surface area contributed by atoms with Gasteiger partial charge in [0.1, 0.15) is 0 Å². The number of halogens is 3. The van der Waals surface area contributed by atoms with Crippen LogP contribution in [-0.2, 0) is 0 Å². The molecule has 0 saturated carbocycles. The standard InChI is InChI=1S/C18H13F3S/c19-16-11-15(12-17(20)18(16)21)22(13-7-3-1-4-8-13)14-9-5-2-6-10-14/h1-12,22H. The van der Waals surface area contributed by atoms with Crippen molar-refractivity contribution in [1.29, 1.82) is 0 Å². The highest BCUT2D eigenvalue weighted by Crippen LogP contribution is 2.51. The molecule has 3 aromatic rings. The summed E-state index contributed by atoms with van der Waals surface area (Å²) in [4.78, 5) is 2.35. The molecule has 0 bridgehead atoms. The summed E-state index contributed by atoms with van der Waals surface area (Å²) in [6, 6.07) is 21.1. The van der Waals surface area contributed by atoms with Gasteiger partial charge in [0.25, 0.3) is 0 Å². The van der Waals surface area contributed by atoms with Crippen molar-refractivity contribution in [3.63, 3.8) is 0 Å². The predicted octanol–water partition coefficient (Wildman–Crippen LogP) is 5.58. The minimum absolute atomic E-state index is 0.448. The molecule has 0 aromatic heterocycles. The molecule has 0 N–H and O–H groups in total. The summed E-state index contributed by atoms with van der Waals surface area (Å²) in [6.07, 6.45) is 0. The second-order valence-corrected chi connectivity index (χ2v) is 6.95. The number of benzene rings is 3. The van der Waals surface area contributed by atoms with E-state index in [2.05, 4.69) is 0 Å². The van der Waals surface area contributed by atoms with Crippen LogP contribution in [0.25, 0.3) is 0 Å². The van der Waals surface area contributed by atoms with E-state index in [9.17, 15) is 13.2 Å². The van der Waals surface area contributed by atoms with Crippen molar-refractivity contribution in [2.75, 3.05) is 0 Å². The molecule has 0 nitrogen and oxygen atoms in total. The fraction of sp³-hybridized carbons (Fsp3) is 0. The van der Waals surface area contributed by atoms with Crippen molar-refractivity contribution in [2.24, 2.45) is 0 Å². The Kier molecular flexibility index (Phi) is 4.20. The lowest BCUT2D eigenvalue weighted by molar-refractivity contribution is 0.443. The van der Waals surface area contributed by atoms with Gasteiger partial charge in [-0.25, -0.2) is 13.2 Å². The number of rotatable bonds is 3. The molecule has 0 aliphatic rings. The Morgan fingerprint density at radius 3 is 1.36 bits per heavy atom. The van der Waals surface area contributed by atoms with Crippen molar-refractivity contribution >= 4 is 10.9 Å². The Morgan fingerprint density at radius 2 is 0.955 bits per heavy atom. The SMILES string of the molecule is Fc1cc([SH](c2ccccc2)c2ccccc2)cc(F)c1F. The van der Waals surface area contributed by atoms with Gasteiger partial charge in [0, 0.05) is 4.90 Å². The Labute approximate surface area is 129 Å². The van der Waals surface area contributed by atoms with E-state index in [0.29, 0.717) is 4.90 Å². The smallest absolute Gasteiger partial charge is 0.194 e. The van der Waals surface area contributed by atoms with Crippen molar-refractivity contribution < 1.29 is 13.2 Å². The molecule has 112 valence electrons. The van der Waals surface area contributed by atoms with Crippen LogP contribution in [0, 0.1) is 17.5 Å². The molecule has 0 aliphatic carbocycles. The highest BCUT2D eigenvalue weighted by atomic mass is 32.2. The number of hydrogen-bond acceptors (Lipinski definition) is 0. The Hall–Kier alpha value is -2.20. The third-order valence-electron chi connectivity index (χ3n) is 3.26. The van der Waals surface area contributed by atoms with E-state index in [1.165, 1.54) is 0 Å². The molecule has 0 saturated heterocycles. The van der Waals surface area contributed by atoms with Gasteiger partial charge < -0.3 is 0 Å². The minimum atomic E-state index is -1.43. The highest BCUT2D eigenvalue weighted by molar-refractivity contribution is 8.17. The first-order chi connectivity index (χ1) is 10.7. The van der Waals surface area contributed by atoms with Crippen LogP contribution in [0.4, 0.5) is 13.2 Å². The normalized spacial score (nSPS) is 11.3. The summed E-state index contributed by atoms with van der Waals surface area (Å²) in [5, 5.41) is 0. The highest BCUT2D eigenvalue weighted by Gasteiger charge is 2.17. The van der Waals surface area contributed by atoms with Gasteiger partial charge in [-0.15, -0.1) is 0 Å². The van der Waals surface area contributed by atoms with Gasteiger partial charge >= 0.3 is 0 Å². The van der Waals surface area contributed by atoms with Crippen LogP contribution in [0.15, 0.2) is 87.5 Å². The summed E-state index contributed by atoms with van der Waals surface area (Å²) in [5.74, 6) is -3.75. The number of thiol groups is 1. The second kappa shape index (κ2) is 6.28. The van der Waals surface area contributed by atoms with E-state index in [1.54, 1.807) is 0 Å². The average Bonchev–Trinajstić information content (AvgIpc) is 2.55. The summed E-state index contributed by atoms with van der Waals surface area (Å²) < 4.78 is 40.5. The van der Waals surface area contributed by atoms with Crippen molar-refractivity contribution in [3.05, 3.63) is 90.2 Å². The third-order valence-corrected chi connectivity index (χ3v) is 5.66.